The summed E-state index contributed by atoms with van der Waals surface area (Å²) < 4.78 is 19.6. The first-order valence-electron chi connectivity index (χ1n) is 8.55. The molecule has 3 aromatic rings. The fourth-order valence-electron chi connectivity index (χ4n) is 2.59. The Labute approximate surface area is 174 Å². The Hall–Kier alpha value is -3.72. The van der Waals surface area contributed by atoms with Crippen molar-refractivity contribution in [2.75, 3.05) is 5.75 Å². The van der Waals surface area contributed by atoms with E-state index in [4.69, 9.17) is 9.52 Å². The van der Waals surface area contributed by atoms with Gasteiger partial charge in [0.15, 0.2) is 5.78 Å². The summed E-state index contributed by atoms with van der Waals surface area (Å²) in [5, 5.41) is 19.8. The van der Waals surface area contributed by atoms with Crippen LogP contribution in [0, 0.1) is 15.9 Å². The predicted octanol–water partition coefficient (Wildman–Crippen LogP) is 5.07. The molecular formula is C21H14FNO6S. The number of allylic oxidation sites excluding steroid dienone is 1. The Kier molecular flexibility index (Phi) is 6.43. The molecule has 0 bridgehead atoms. The van der Waals surface area contributed by atoms with Gasteiger partial charge >= 0.3 is 5.97 Å². The van der Waals surface area contributed by atoms with Crippen molar-refractivity contribution in [1.29, 1.82) is 0 Å². The molecule has 0 spiro atoms. The highest BCUT2D eigenvalue weighted by Gasteiger charge is 2.17. The van der Waals surface area contributed by atoms with E-state index in [1.165, 1.54) is 30.4 Å². The molecule has 1 N–H and O–H groups in total. The molecule has 0 unspecified atom stereocenters. The zero-order chi connectivity index (χ0) is 21.7. The summed E-state index contributed by atoms with van der Waals surface area (Å²) in [5.41, 5.74) is 0.300. The van der Waals surface area contributed by atoms with E-state index in [0.29, 0.717) is 11.3 Å². The topological polar surface area (TPSA) is 111 Å². The molecule has 0 radical (unpaired) electrons. The Morgan fingerprint density at radius 3 is 2.63 bits per heavy atom. The number of furan rings is 1. The maximum Gasteiger partial charge on any atom is 0.313 e. The van der Waals surface area contributed by atoms with Crippen LogP contribution >= 0.6 is 11.8 Å². The van der Waals surface area contributed by atoms with E-state index >= 15 is 0 Å². The molecule has 0 aliphatic heterocycles. The molecule has 9 heteroatoms. The van der Waals surface area contributed by atoms with Crippen molar-refractivity contribution < 1.29 is 28.4 Å². The van der Waals surface area contributed by atoms with E-state index in [0.717, 1.165) is 17.8 Å². The number of halogens is 1. The van der Waals surface area contributed by atoms with E-state index in [-0.39, 0.29) is 27.7 Å². The average molecular weight is 427 g/mol. The molecule has 0 atom stereocenters. The molecule has 0 fully saturated rings. The highest BCUT2D eigenvalue weighted by Crippen LogP contribution is 2.31. The third kappa shape index (κ3) is 5.00. The number of carboxylic acid groups (broad SMARTS) is 1. The number of benzene rings is 2. The van der Waals surface area contributed by atoms with Crippen LogP contribution < -0.4 is 0 Å². The second-order valence-electron chi connectivity index (χ2n) is 6.00. The van der Waals surface area contributed by atoms with E-state index in [9.17, 15) is 24.1 Å². The largest absolute Gasteiger partial charge is 0.481 e. The normalized spacial score (nSPS) is 11.0. The van der Waals surface area contributed by atoms with E-state index in [1.807, 2.05) is 0 Å². The third-order valence-electron chi connectivity index (χ3n) is 3.96. The molecule has 1 heterocycles. The lowest BCUT2D eigenvalue weighted by molar-refractivity contribution is -0.384. The molecule has 1 aromatic heterocycles. The molecule has 0 amide bonds. The van der Waals surface area contributed by atoms with Gasteiger partial charge in [0.2, 0.25) is 0 Å². The van der Waals surface area contributed by atoms with Gasteiger partial charge in [-0.15, -0.1) is 11.8 Å². The van der Waals surface area contributed by atoms with Crippen LogP contribution in [0.15, 0.2) is 70.0 Å². The number of hydrogen-bond acceptors (Lipinski definition) is 6. The Morgan fingerprint density at radius 1 is 1.17 bits per heavy atom. The summed E-state index contributed by atoms with van der Waals surface area (Å²) in [4.78, 5) is 33.6. The van der Waals surface area contributed by atoms with Crippen LogP contribution in [-0.2, 0) is 4.79 Å². The molecule has 30 heavy (non-hydrogen) atoms. The monoisotopic (exact) mass is 427 g/mol. The predicted molar refractivity (Wildman–Crippen MR) is 109 cm³/mol. The van der Waals surface area contributed by atoms with Gasteiger partial charge < -0.3 is 9.52 Å². The van der Waals surface area contributed by atoms with Gasteiger partial charge in [-0.25, -0.2) is 4.39 Å². The first-order valence-corrected chi connectivity index (χ1v) is 9.54. The summed E-state index contributed by atoms with van der Waals surface area (Å²) in [5.74, 6) is -1.94. The van der Waals surface area contributed by atoms with Gasteiger partial charge in [-0.05, 0) is 48.6 Å². The van der Waals surface area contributed by atoms with E-state index < -0.39 is 22.5 Å². The molecule has 152 valence electrons. The molecule has 0 saturated heterocycles. The highest BCUT2D eigenvalue weighted by molar-refractivity contribution is 8.00. The zero-order valence-electron chi connectivity index (χ0n) is 15.3. The maximum absolute atomic E-state index is 14.1. The molecule has 3 rings (SSSR count). The number of thioether (sulfide) groups is 1. The molecule has 0 aliphatic carbocycles. The number of nitrogens with zero attached hydrogens (tertiary/aromatic N) is 1. The highest BCUT2D eigenvalue weighted by atomic mass is 32.2. The fraction of sp³-hybridized carbons (Fsp3) is 0.0476. The summed E-state index contributed by atoms with van der Waals surface area (Å²) in [6.45, 7) is 0. The molecule has 2 aromatic carbocycles. The number of carboxylic acids is 1. The summed E-state index contributed by atoms with van der Waals surface area (Å²) >= 11 is 0.823. The van der Waals surface area contributed by atoms with Crippen LogP contribution in [0.5, 0.6) is 0 Å². The van der Waals surface area contributed by atoms with Gasteiger partial charge in [0, 0.05) is 16.5 Å². The summed E-state index contributed by atoms with van der Waals surface area (Å²) in [6, 6.07) is 13.0. The minimum Gasteiger partial charge on any atom is -0.481 e. The molecule has 0 aliphatic rings. The molecular weight excluding hydrogens is 413 g/mol. The van der Waals surface area contributed by atoms with Gasteiger partial charge in [-0.1, -0.05) is 12.1 Å². The first-order chi connectivity index (χ1) is 14.3. The van der Waals surface area contributed by atoms with Gasteiger partial charge in [0.25, 0.3) is 5.69 Å². The van der Waals surface area contributed by atoms with Crippen LogP contribution in [0.1, 0.15) is 16.1 Å². The van der Waals surface area contributed by atoms with Crippen molar-refractivity contribution in [3.8, 4) is 11.3 Å². The van der Waals surface area contributed by atoms with Crippen molar-refractivity contribution in [2.24, 2.45) is 0 Å². The van der Waals surface area contributed by atoms with Gasteiger partial charge in [0.1, 0.15) is 17.3 Å². The lowest BCUT2D eigenvalue weighted by atomic mass is 10.1. The second-order valence-corrected chi connectivity index (χ2v) is 7.02. The standard InChI is InChI=1S/C21H14FNO6S/c22-16-11-13(5-10-20(16)30-12-21(25)26)18(24)8-6-14-7-9-19(29-14)15-3-1-2-4-17(15)23(27)28/h1-11H,12H2,(H,25,26)/b8-6+. The van der Waals surface area contributed by atoms with Crippen LogP contribution in [0.25, 0.3) is 17.4 Å². The number of rotatable bonds is 8. The minimum absolute atomic E-state index is 0.0916. The SMILES string of the molecule is O=C(O)CSc1ccc(C(=O)/C=C/c2ccc(-c3ccccc3[N+](=O)[O-])o2)cc1F. The van der Waals surface area contributed by atoms with Crippen molar-refractivity contribution >= 4 is 35.3 Å². The Morgan fingerprint density at radius 2 is 1.93 bits per heavy atom. The fourth-order valence-corrected chi connectivity index (χ4v) is 3.23. The lowest BCUT2D eigenvalue weighted by Gasteiger charge is -2.03. The van der Waals surface area contributed by atoms with Gasteiger partial charge in [0.05, 0.1) is 16.2 Å². The van der Waals surface area contributed by atoms with Gasteiger partial charge in [-0.3, -0.25) is 19.7 Å². The van der Waals surface area contributed by atoms with Crippen LogP contribution in [-0.4, -0.2) is 27.5 Å². The molecule has 0 saturated carbocycles. The number of para-hydroxylation sites is 1. The average Bonchev–Trinajstić information content (AvgIpc) is 3.19. The number of hydrogen-bond donors (Lipinski definition) is 1. The number of carbonyl (C=O) groups is 2. The lowest BCUT2D eigenvalue weighted by Crippen LogP contribution is -1.99. The Balaban J connectivity index is 1.74. The van der Waals surface area contributed by atoms with Gasteiger partial charge in [-0.2, -0.15) is 0 Å². The van der Waals surface area contributed by atoms with Crippen molar-refractivity contribution in [3.63, 3.8) is 0 Å². The smallest absolute Gasteiger partial charge is 0.313 e. The van der Waals surface area contributed by atoms with Crippen LogP contribution in [0.3, 0.4) is 0 Å². The Bertz CT molecular complexity index is 1150. The minimum atomic E-state index is -1.07. The first kappa shape index (κ1) is 21.0. The summed E-state index contributed by atoms with van der Waals surface area (Å²) in [7, 11) is 0. The number of ketones is 1. The number of carbonyl (C=O) groups excluding carboxylic acids is 1. The third-order valence-corrected chi connectivity index (χ3v) is 4.99. The van der Waals surface area contributed by atoms with Crippen molar-refractivity contribution in [3.05, 3.63) is 87.9 Å². The molecule has 7 nitrogen and oxygen atoms in total. The van der Waals surface area contributed by atoms with Crippen LogP contribution in [0.4, 0.5) is 10.1 Å². The van der Waals surface area contributed by atoms with Crippen molar-refractivity contribution in [2.45, 2.75) is 4.90 Å². The quantitative estimate of drug-likeness (QED) is 0.176. The summed E-state index contributed by atoms with van der Waals surface area (Å²) in [6.07, 6.45) is 2.58. The number of nitro benzene ring substituents is 1. The zero-order valence-corrected chi connectivity index (χ0v) is 16.1. The van der Waals surface area contributed by atoms with E-state index in [2.05, 4.69) is 0 Å². The number of aliphatic carboxylic acids is 1. The van der Waals surface area contributed by atoms with E-state index in [1.54, 1.807) is 30.3 Å². The van der Waals surface area contributed by atoms with Crippen molar-refractivity contribution in [1.82, 2.24) is 0 Å². The van der Waals surface area contributed by atoms with Crippen LogP contribution in [0.2, 0.25) is 0 Å². The second kappa shape index (κ2) is 9.19. The maximum atomic E-state index is 14.1. The number of nitro groups is 1.